The second-order valence-corrected chi connectivity index (χ2v) is 20.7. The molecule has 0 aromatic rings. The lowest BCUT2D eigenvalue weighted by molar-refractivity contribution is -0.139. The van der Waals surface area contributed by atoms with Crippen LogP contribution in [0.1, 0.15) is 86.5 Å². The third-order valence-electron chi connectivity index (χ3n) is 8.37. The fraction of sp³-hybridized carbons (Fsp3) is 0.786. The van der Waals surface area contributed by atoms with Crippen LogP contribution >= 0.6 is 0 Å². The lowest BCUT2D eigenvalue weighted by Crippen LogP contribution is -2.62. The minimum absolute atomic E-state index is 0.111. The smallest absolute Gasteiger partial charge is 0.333 e. The quantitative estimate of drug-likeness (QED) is 0.0784. The molecule has 0 unspecified atom stereocenters. The zero-order valence-corrected chi connectivity index (χ0v) is 26.5. The largest absolute Gasteiger partial charge is 0.462 e. The van der Waals surface area contributed by atoms with Crippen molar-refractivity contribution in [3.05, 3.63) is 24.3 Å². The van der Waals surface area contributed by atoms with E-state index < -0.39 is 16.4 Å². The van der Waals surface area contributed by atoms with E-state index >= 15 is 0 Å². The minimum Gasteiger partial charge on any atom is -0.462 e. The molecule has 35 heavy (non-hydrogen) atoms. The molecule has 0 saturated carbocycles. The Morgan fingerprint density at radius 2 is 1.17 bits per heavy atom. The van der Waals surface area contributed by atoms with Crippen molar-refractivity contribution in [2.45, 2.75) is 129 Å². The van der Waals surface area contributed by atoms with Gasteiger partial charge >= 0.3 is 11.9 Å². The number of ether oxygens (including phenoxy) is 2. The van der Waals surface area contributed by atoms with Crippen LogP contribution in [-0.2, 0) is 23.5 Å². The summed E-state index contributed by atoms with van der Waals surface area (Å²) in [5.74, 6) is -0.620. The Bertz CT molecular complexity index is 719. The third-order valence-corrected chi connectivity index (χ3v) is 17.9. The molecule has 204 valence electrons. The summed E-state index contributed by atoms with van der Waals surface area (Å²) in [4.78, 5) is 23.6. The van der Waals surface area contributed by atoms with Crippen LogP contribution in [-0.4, -0.2) is 46.8 Å². The number of hydrogen-bond donors (Lipinski definition) is 0. The maximum Gasteiger partial charge on any atom is 0.333 e. The van der Waals surface area contributed by atoms with Gasteiger partial charge in [-0.25, -0.2) is 9.59 Å². The summed E-state index contributed by atoms with van der Waals surface area (Å²) < 4.78 is 18.2. The van der Waals surface area contributed by atoms with E-state index in [1.165, 1.54) is 0 Å². The fourth-order valence-electron chi connectivity index (χ4n) is 5.57. The first kappa shape index (κ1) is 33.8. The molecule has 0 radical (unpaired) electrons. The molecule has 7 heteroatoms. The van der Waals surface area contributed by atoms with Gasteiger partial charge in [0.2, 0.25) is 0 Å². The van der Waals surface area contributed by atoms with Gasteiger partial charge in [0, 0.05) is 16.4 Å². The summed E-state index contributed by atoms with van der Waals surface area (Å²) in [5, 5.41) is -0.0111. The Labute approximate surface area is 218 Å². The molecule has 0 aliphatic carbocycles. The maximum absolute atomic E-state index is 11.8. The van der Waals surface area contributed by atoms with Crippen molar-refractivity contribution in [3.8, 4) is 0 Å². The summed E-state index contributed by atoms with van der Waals surface area (Å²) >= 11 is 0. The first-order valence-corrected chi connectivity index (χ1v) is 19.6. The zero-order chi connectivity index (χ0) is 27.5. The maximum atomic E-state index is 11.8. The van der Waals surface area contributed by atoms with E-state index in [-0.39, 0.29) is 22.2 Å². The predicted molar refractivity (Wildman–Crippen MR) is 153 cm³/mol. The lowest BCUT2D eigenvalue weighted by Gasteiger charge is -2.54. The van der Waals surface area contributed by atoms with Crippen LogP contribution in [0.15, 0.2) is 24.3 Å². The normalized spacial score (nSPS) is 12.9. The highest BCUT2D eigenvalue weighted by atomic mass is 28.4. The van der Waals surface area contributed by atoms with Crippen LogP contribution in [0.4, 0.5) is 0 Å². The number of rotatable bonds is 18. The first-order valence-electron chi connectivity index (χ1n) is 13.5. The van der Waals surface area contributed by atoms with Gasteiger partial charge < -0.3 is 13.9 Å². The van der Waals surface area contributed by atoms with Crippen LogP contribution in [0.3, 0.4) is 0 Å². The standard InChI is InChI=1S/C28H54O5Si2/c1-13-27(14-2,19-17-20-31-25(29)23(5)6)35(11,12)33-28(15-3,16-4)34(9,10)22-18-21-32-26(30)24(7)8/h5,7,13-22H2,1-4,6,8-12H3. The number of hydrogen-bond acceptors (Lipinski definition) is 5. The molecular formula is C28H54O5Si2. The summed E-state index contributed by atoms with van der Waals surface area (Å²) in [5.41, 5.74) is 0.886. The SMILES string of the molecule is C=C(C)C(=O)OCCCC(CC)(CC)[Si](C)(C)OC(CC)(CC)[Si](C)(C)CCCOC(=O)C(=C)C. The van der Waals surface area contributed by atoms with Crippen LogP contribution in [0, 0.1) is 0 Å². The lowest BCUT2D eigenvalue weighted by atomic mass is 9.96. The molecule has 0 rings (SSSR count). The van der Waals surface area contributed by atoms with Crippen molar-refractivity contribution < 1.29 is 23.5 Å². The Morgan fingerprint density at radius 1 is 0.743 bits per heavy atom. The van der Waals surface area contributed by atoms with Crippen molar-refractivity contribution in [3.63, 3.8) is 0 Å². The molecule has 0 fully saturated rings. The van der Waals surface area contributed by atoms with Crippen LogP contribution in [0.25, 0.3) is 0 Å². The second kappa shape index (κ2) is 14.5. The van der Waals surface area contributed by atoms with Crippen molar-refractivity contribution >= 4 is 28.3 Å². The van der Waals surface area contributed by atoms with Crippen molar-refractivity contribution in [2.24, 2.45) is 0 Å². The average molecular weight is 527 g/mol. The van der Waals surface area contributed by atoms with Gasteiger partial charge in [0.25, 0.3) is 0 Å². The van der Waals surface area contributed by atoms with Gasteiger partial charge in [-0.1, -0.05) is 72.8 Å². The second-order valence-electron chi connectivity index (χ2n) is 11.2. The van der Waals surface area contributed by atoms with E-state index in [4.69, 9.17) is 13.9 Å². The molecule has 5 nitrogen and oxygen atoms in total. The van der Waals surface area contributed by atoms with Gasteiger partial charge in [-0.15, -0.1) is 0 Å². The van der Waals surface area contributed by atoms with Crippen LogP contribution in [0.5, 0.6) is 0 Å². The fourth-order valence-corrected chi connectivity index (χ4v) is 14.8. The van der Waals surface area contributed by atoms with Gasteiger partial charge in [-0.05, 0) is 64.1 Å². The topological polar surface area (TPSA) is 61.8 Å². The van der Waals surface area contributed by atoms with E-state index in [9.17, 15) is 9.59 Å². The molecular weight excluding hydrogens is 472 g/mol. The first-order chi connectivity index (χ1) is 16.1. The molecule has 0 aromatic heterocycles. The predicted octanol–water partition coefficient (Wildman–Crippen LogP) is 7.98. The zero-order valence-electron chi connectivity index (χ0n) is 24.5. The van der Waals surface area contributed by atoms with Crippen LogP contribution < -0.4 is 0 Å². The Hall–Kier alpha value is -1.19. The number of carbonyl (C=O) groups excluding carboxylic acids is 2. The molecule has 0 heterocycles. The van der Waals surface area contributed by atoms with E-state index in [1.807, 2.05) is 0 Å². The van der Waals surface area contributed by atoms with Gasteiger partial charge in [0.1, 0.15) is 0 Å². The van der Waals surface area contributed by atoms with Crippen molar-refractivity contribution in [2.75, 3.05) is 13.2 Å². The van der Waals surface area contributed by atoms with Crippen molar-refractivity contribution in [1.82, 2.24) is 0 Å². The highest BCUT2D eigenvalue weighted by Gasteiger charge is 2.53. The summed E-state index contributed by atoms with van der Waals surface area (Å²) in [6, 6.07) is 1.05. The van der Waals surface area contributed by atoms with Gasteiger partial charge in [-0.3, -0.25) is 0 Å². The van der Waals surface area contributed by atoms with Gasteiger partial charge in [0.15, 0.2) is 8.32 Å². The summed E-state index contributed by atoms with van der Waals surface area (Å²) in [7, 11) is -4.01. The molecule has 0 spiro atoms. The van der Waals surface area contributed by atoms with E-state index in [2.05, 4.69) is 67.0 Å². The molecule has 0 amide bonds. The summed E-state index contributed by atoms with van der Waals surface area (Å²) in [6.45, 7) is 30.3. The van der Waals surface area contributed by atoms with Gasteiger partial charge in [0.05, 0.1) is 21.3 Å². The summed E-state index contributed by atoms with van der Waals surface area (Å²) in [6.07, 6.45) is 6.77. The van der Waals surface area contributed by atoms with E-state index in [1.54, 1.807) is 13.8 Å². The number of carbonyl (C=O) groups is 2. The van der Waals surface area contributed by atoms with E-state index in [0.717, 1.165) is 51.0 Å². The highest BCUT2D eigenvalue weighted by molar-refractivity contribution is 6.82. The monoisotopic (exact) mass is 526 g/mol. The molecule has 0 N–H and O–H groups in total. The molecule has 0 atom stereocenters. The molecule has 0 aromatic carbocycles. The molecule has 0 aliphatic heterocycles. The Morgan fingerprint density at radius 3 is 1.54 bits per heavy atom. The molecule has 0 bridgehead atoms. The Balaban J connectivity index is 5.59. The molecule has 0 saturated heterocycles. The average Bonchev–Trinajstić information content (AvgIpc) is 2.79. The Kier molecular flexibility index (Phi) is 14.0. The van der Waals surface area contributed by atoms with Crippen molar-refractivity contribution in [1.29, 1.82) is 0 Å². The number of esters is 2. The van der Waals surface area contributed by atoms with Crippen LogP contribution in [0.2, 0.25) is 37.3 Å². The van der Waals surface area contributed by atoms with Gasteiger partial charge in [-0.2, -0.15) is 0 Å². The van der Waals surface area contributed by atoms with E-state index in [0.29, 0.717) is 24.4 Å². The minimum atomic E-state index is -2.17. The highest BCUT2D eigenvalue weighted by Crippen LogP contribution is 2.52. The molecule has 0 aliphatic rings. The third kappa shape index (κ3) is 9.01.